The molecule has 0 aliphatic carbocycles. The van der Waals surface area contributed by atoms with E-state index in [2.05, 4.69) is 5.14 Å². The summed E-state index contributed by atoms with van der Waals surface area (Å²) in [7, 11) is -7.39. The minimum absolute atomic E-state index is 0.708. The van der Waals surface area contributed by atoms with Crippen molar-refractivity contribution >= 4 is 10.0 Å². The first-order valence-electron chi connectivity index (χ1n) is 7.59. The number of alkyl halides is 17. The Balaban J connectivity index is 0. The smallest absolute Gasteiger partial charge is 0.460 e. The third kappa shape index (κ3) is 5.10. The van der Waals surface area contributed by atoms with Crippen LogP contribution in [0.5, 0.6) is 0 Å². The van der Waals surface area contributed by atoms with Crippen molar-refractivity contribution in [1.82, 2.24) is 0 Å². The molecule has 0 atom stereocenters. The quantitative estimate of drug-likeness (QED) is 0.325. The second-order valence-electron chi connectivity index (χ2n) is 5.96. The van der Waals surface area contributed by atoms with Gasteiger partial charge in [0.1, 0.15) is 0 Å². The Morgan fingerprint density at radius 1 is 0.618 bits per heavy atom. The topological polar surface area (TPSA) is 99.8 Å². The van der Waals surface area contributed by atoms with Crippen molar-refractivity contribution in [3.8, 4) is 0 Å². The van der Waals surface area contributed by atoms with Crippen LogP contribution in [0.2, 0.25) is 0 Å². The summed E-state index contributed by atoms with van der Waals surface area (Å²) in [6, 6.07) is 0. The number of hydroxylamine groups is 1. The van der Waals surface area contributed by atoms with Crippen molar-refractivity contribution in [2.24, 2.45) is 5.14 Å². The number of halogens is 17. The van der Waals surface area contributed by atoms with E-state index in [0.29, 0.717) is 6.54 Å². The van der Waals surface area contributed by atoms with Gasteiger partial charge in [-0.2, -0.15) is 74.6 Å². The zero-order valence-electron chi connectivity index (χ0n) is 15.6. The Labute approximate surface area is 177 Å². The highest BCUT2D eigenvalue weighted by molar-refractivity contribution is 7.90. The zero-order valence-corrected chi connectivity index (χ0v) is 16.4. The maximum Gasteiger partial charge on any atom is 0.460 e. The summed E-state index contributed by atoms with van der Waals surface area (Å²) < 4.78 is 236. The number of rotatable bonds is 9. The second kappa shape index (κ2) is 9.59. The van der Waals surface area contributed by atoms with Crippen LogP contribution in [-0.4, -0.2) is 61.9 Å². The third-order valence-corrected chi connectivity index (χ3v) is 4.43. The van der Waals surface area contributed by atoms with E-state index in [0.717, 1.165) is 11.9 Å². The van der Waals surface area contributed by atoms with Crippen molar-refractivity contribution in [3.63, 3.8) is 0 Å². The van der Waals surface area contributed by atoms with Crippen LogP contribution in [0.3, 0.4) is 0 Å². The molecule has 0 aromatic heterocycles. The normalized spacial score (nSPS) is 15.6. The van der Waals surface area contributed by atoms with Crippen LogP contribution < -0.4 is 10.6 Å². The highest BCUT2D eigenvalue weighted by atomic mass is 32.2. The van der Waals surface area contributed by atoms with Gasteiger partial charge in [0.25, 0.3) is 10.0 Å². The molecule has 0 heterocycles. The summed E-state index contributed by atoms with van der Waals surface area (Å²) in [5.41, 5.74) is 0.931. The lowest BCUT2D eigenvalue weighted by Crippen LogP contribution is -2.77. The molecule has 0 radical (unpaired) electrons. The summed E-state index contributed by atoms with van der Waals surface area (Å²) in [6.45, 7) is 2.69. The van der Waals surface area contributed by atoms with E-state index in [1.807, 2.05) is 6.92 Å². The molecule has 0 unspecified atom stereocenters. The van der Waals surface area contributed by atoms with Crippen LogP contribution in [0.25, 0.3) is 0 Å². The van der Waals surface area contributed by atoms with E-state index in [-0.39, 0.29) is 0 Å². The predicted molar refractivity (Wildman–Crippen MR) is 74.2 cm³/mol. The lowest BCUT2D eigenvalue weighted by atomic mass is 9.91. The van der Waals surface area contributed by atoms with E-state index in [1.165, 1.54) is 0 Å². The molecule has 0 aliphatic rings. The predicted octanol–water partition coefficient (Wildman–Crippen LogP) is 3.70. The molecule has 0 aromatic carbocycles. The van der Waals surface area contributed by atoms with Crippen LogP contribution >= 0.6 is 0 Å². The van der Waals surface area contributed by atoms with Crippen molar-refractivity contribution in [2.75, 3.05) is 6.54 Å². The Hall–Kier alpha value is -1.36. The highest BCUT2D eigenvalue weighted by Crippen LogP contribution is 2.64. The van der Waals surface area contributed by atoms with Gasteiger partial charge < -0.3 is 10.7 Å². The van der Waals surface area contributed by atoms with Crippen LogP contribution in [0.1, 0.15) is 13.3 Å². The van der Waals surface area contributed by atoms with E-state index in [1.54, 1.807) is 0 Å². The molecule has 208 valence electrons. The largest absolute Gasteiger partial charge is 0.636 e. The van der Waals surface area contributed by atoms with Crippen molar-refractivity contribution in [1.29, 1.82) is 0 Å². The first-order chi connectivity index (χ1) is 14.4. The minimum atomic E-state index is -8.84. The number of nitrogens with two attached hydrogens (primary N) is 2. The van der Waals surface area contributed by atoms with Gasteiger partial charge in [0.2, 0.25) is 0 Å². The van der Waals surface area contributed by atoms with E-state index in [4.69, 9.17) is 0 Å². The van der Waals surface area contributed by atoms with Gasteiger partial charge in [0.05, 0.1) is 6.54 Å². The van der Waals surface area contributed by atoms with Crippen LogP contribution in [0.15, 0.2) is 0 Å². The maximum absolute atomic E-state index is 13.1. The molecular formula is C11H11F17N2O3S. The van der Waals surface area contributed by atoms with Gasteiger partial charge in [0.15, 0.2) is 0 Å². The molecule has 4 N–H and O–H groups in total. The van der Waals surface area contributed by atoms with Crippen molar-refractivity contribution in [3.05, 3.63) is 5.21 Å². The summed E-state index contributed by atoms with van der Waals surface area (Å²) in [5, 5.41) is 5.10. The fraction of sp³-hybridized carbons (Fsp3) is 1.00. The van der Waals surface area contributed by atoms with Gasteiger partial charge in [-0.25, -0.2) is 13.6 Å². The monoisotopic (exact) mass is 574 g/mol. The van der Waals surface area contributed by atoms with Crippen molar-refractivity contribution < 1.29 is 88.5 Å². The van der Waals surface area contributed by atoms with Crippen LogP contribution in [0, 0.1) is 5.21 Å². The Morgan fingerprint density at radius 3 is 1.06 bits per heavy atom. The molecule has 0 saturated heterocycles. The van der Waals surface area contributed by atoms with Crippen molar-refractivity contribution in [2.45, 2.75) is 60.3 Å². The molecule has 0 aromatic rings. The van der Waals surface area contributed by atoms with E-state index >= 15 is 0 Å². The number of primary sulfonamides is 1. The number of quaternary nitrogens is 1. The average molecular weight is 574 g/mol. The molecule has 0 fully saturated rings. The summed E-state index contributed by atoms with van der Waals surface area (Å²) >= 11 is 0. The molecule has 0 rings (SSSR count). The van der Waals surface area contributed by atoms with E-state index < -0.39 is 57.0 Å². The molecule has 23 heteroatoms. The minimum Gasteiger partial charge on any atom is -0.636 e. The number of sulfonamides is 1. The standard InChI is InChI=1S/C8H2F17NO2S.C3H9NO/c9-1(10,3(13,14)5(17,18)7(21,22)23)2(11,12)4(15,16)6(19,20)8(24,25)29(26,27)28;1-2-3-4-5/h(H2,26,27,28);2-4H2,1H3. The summed E-state index contributed by atoms with van der Waals surface area (Å²) in [6.07, 6.45) is -6.89. The molecule has 0 bridgehead atoms. The molecule has 0 amide bonds. The molecule has 0 spiro atoms. The average Bonchev–Trinajstić information content (AvgIpc) is 2.59. The first kappa shape index (κ1) is 34.8. The Bertz CT molecular complexity index is 791. The fourth-order valence-corrected chi connectivity index (χ4v) is 1.93. The Morgan fingerprint density at radius 2 is 0.882 bits per heavy atom. The lowest BCUT2D eigenvalue weighted by Gasteiger charge is -2.42. The first-order valence-corrected chi connectivity index (χ1v) is 9.13. The summed E-state index contributed by atoms with van der Waals surface area (Å²) in [4.78, 5) is 0. The highest BCUT2D eigenvalue weighted by Gasteiger charge is 2.96. The lowest BCUT2D eigenvalue weighted by molar-refractivity contribution is -0.588. The Kier molecular flexibility index (Phi) is 9.82. The maximum atomic E-state index is 13.1. The van der Waals surface area contributed by atoms with Gasteiger partial charge in [0, 0.05) is 0 Å². The number of hydrogen-bond donors (Lipinski definition) is 2. The SMILES string of the molecule is CCC[NH2+][O-].NS(=O)(=O)C(F)(F)C(F)(F)C(F)(F)C(F)(F)C(F)(F)C(F)(F)C(F)(F)C(F)(F)F. The van der Waals surface area contributed by atoms with E-state index in [9.17, 15) is 88.3 Å². The zero-order chi connectivity index (χ0) is 28.6. The number of hydrogen-bond acceptors (Lipinski definition) is 3. The molecule has 0 saturated carbocycles. The van der Waals surface area contributed by atoms with Gasteiger partial charge in [-0.15, -0.1) is 0 Å². The van der Waals surface area contributed by atoms with Crippen LogP contribution in [0.4, 0.5) is 74.6 Å². The molecule has 34 heavy (non-hydrogen) atoms. The second-order valence-corrected chi connectivity index (χ2v) is 7.56. The summed E-state index contributed by atoms with van der Waals surface area (Å²) in [5.74, 6) is -51.6. The molecule has 0 aliphatic heterocycles. The van der Waals surface area contributed by atoms with Gasteiger partial charge in [-0.05, 0) is 6.42 Å². The van der Waals surface area contributed by atoms with Gasteiger partial charge >= 0.3 is 47.0 Å². The third-order valence-electron chi connectivity index (χ3n) is 3.46. The van der Waals surface area contributed by atoms with Gasteiger partial charge in [-0.3, -0.25) is 0 Å². The molecular weight excluding hydrogens is 563 g/mol. The molecule has 5 nitrogen and oxygen atoms in total. The van der Waals surface area contributed by atoms with Crippen LogP contribution in [-0.2, 0) is 10.0 Å². The van der Waals surface area contributed by atoms with Gasteiger partial charge in [-0.1, -0.05) is 6.92 Å². The fourth-order valence-electron chi connectivity index (χ4n) is 1.45.